The van der Waals surface area contributed by atoms with E-state index in [1.54, 1.807) is 0 Å². The summed E-state index contributed by atoms with van der Waals surface area (Å²) in [5, 5.41) is 29.6. The lowest BCUT2D eigenvalue weighted by Gasteiger charge is -1.72. The Bertz CT molecular complexity index is 273. The van der Waals surface area contributed by atoms with Crippen molar-refractivity contribution in [1.29, 1.82) is 0 Å². The molecule has 0 aromatic heterocycles. The number of carbonyl (C=O) groups is 4. The fraction of sp³-hybridized carbons (Fsp3) is 0. The second kappa shape index (κ2) is 12.8. The molecule has 0 aromatic rings. The van der Waals surface area contributed by atoms with Crippen molar-refractivity contribution in [2.45, 2.75) is 0 Å². The molecule has 0 amide bonds. The maximum Gasteiger partial charge on any atom is 0.768 e. The molecule has 0 fully saturated rings. The van der Waals surface area contributed by atoms with E-state index in [9.17, 15) is 9.05 Å². The molecular formula is C4H4F2O11P+. The summed E-state index contributed by atoms with van der Waals surface area (Å²) in [4.78, 5) is 36.4. The molecule has 0 atom stereocenters. The largest absolute Gasteiger partial charge is 0.768 e. The lowest BCUT2D eigenvalue weighted by Crippen LogP contribution is -2.09. The second-order valence-corrected chi connectivity index (χ2v) is 2.31. The smallest absolute Gasteiger partial charge is 0.473 e. The highest BCUT2D eigenvalue weighted by Crippen LogP contribution is 2.23. The van der Waals surface area contributed by atoms with Gasteiger partial charge in [0.05, 0.1) is 0 Å². The summed E-state index contributed by atoms with van der Waals surface area (Å²) < 4.78 is 34.2. The summed E-state index contributed by atoms with van der Waals surface area (Å²) >= 11 is 0. The van der Waals surface area contributed by atoms with Crippen LogP contribution in [-0.4, -0.2) is 44.3 Å². The zero-order chi connectivity index (χ0) is 15.3. The molecule has 0 rings (SSSR count). The molecule has 18 heavy (non-hydrogen) atoms. The molecule has 0 aromatic carbocycles. The third-order valence-corrected chi connectivity index (χ3v) is 0.704. The number of hydrogen-bond donors (Lipinski definition) is 4. The zero-order valence-electron chi connectivity index (χ0n) is 7.85. The molecule has 0 saturated carbocycles. The van der Waals surface area contributed by atoms with Crippen molar-refractivity contribution in [1.82, 2.24) is 0 Å². The van der Waals surface area contributed by atoms with Crippen LogP contribution >= 0.6 is 8.25 Å². The lowest BCUT2D eigenvalue weighted by atomic mass is 10.7. The van der Waals surface area contributed by atoms with Crippen LogP contribution in [0, 0.1) is 0 Å². The van der Waals surface area contributed by atoms with E-state index < -0.39 is 32.1 Å². The predicted molar refractivity (Wildman–Crippen MR) is 42.5 cm³/mol. The van der Waals surface area contributed by atoms with Crippen molar-refractivity contribution in [2.75, 3.05) is 0 Å². The predicted octanol–water partition coefficient (Wildman–Crippen LogP) is -0.243. The maximum atomic E-state index is 10.2. The van der Waals surface area contributed by atoms with Gasteiger partial charge in [-0.2, -0.15) is 0 Å². The first-order valence-electron chi connectivity index (χ1n) is 3.07. The number of hydrogen-bond acceptors (Lipinski definition) is 7. The minimum atomic E-state index is -3.16. The van der Waals surface area contributed by atoms with Gasteiger partial charge in [0.1, 0.15) is 9.46 Å². The highest BCUT2D eigenvalue weighted by Gasteiger charge is 2.21. The van der Waals surface area contributed by atoms with Crippen LogP contribution in [0.15, 0.2) is 0 Å². The molecule has 104 valence electrons. The molecule has 11 nitrogen and oxygen atoms in total. The Labute approximate surface area is 95.9 Å². The molecule has 4 N–H and O–H groups in total. The number of carboxylic acids is 4. The van der Waals surface area contributed by atoms with E-state index in [1.807, 2.05) is 0 Å². The van der Waals surface area contributed by atoms with Crippen LogP contribution < -0.4 is 0 Å². The van der Waals surface area contributed by atoms with Crippen molar-refractivity contribution in [3.8, 4) is 0 Å². The standard InChI is InChI=1S/2C2H2O4.F2O3P/c2*3-1(4)2(5)6;1-4-6(3)5-2/h2*(H,3,4)(H,5,6);/q;;+1. The zero-order valence-corrected chi connectivity index (χ0v) is 8.74. The van der Waals surface area contributed by atoms with Crippen molar-refractivity contribution in [3.05, 3.63) is 0 Å². The van der Waals surface area contributed by atoms with Crippen LogP contribution in [0.5, 0.6) is 0 Å². The van der Waals surface area contributed by atoms with Crippen LogP contribution in [0.4, 0.5) is 9.05 Å². The van der Waals surface area contributed by atoms with Gasteiger partial charge in [-0.05, 0) is 0 Å². The van der Waals surface area contributed by atoms with Crippen molar-refractivity contribution < 1.29 is 62.7 Å². The summed E-state index contributed by atoms with van der Waals surface area (Å²) in [6.45, 7) is 0. The van der Waals surface area contributed by atoms with E-state index in [4.69, 9.17) is 44.2 Å². The molecule has 0 aliphatic heterocycles. The molecule has 0 aliphatic carbocycles. The third-order valence-electron chi connectivity index (χ3n) is 0.479. The minimum Gasteiger partial charge on any atom is -0.473 e. The summed E-state index contributed by atoms with van der Waals surface area (Å²) in [6, 6.07) is 0. The highest BCUT2D eigenvalue weighted by atomic mass is 31.1. The Morgan fingerprint density at radius 2 is 0.889 bits per heavy atom. The molecule has 0 unspecified atom stereocenters. The van der Waals surface area contributed by atoms with Gasteiger partial charge in [-0.15, -0.1) is 0 Å². The Balaban J connectivity index is -0.000000187. The van der Waals surface area contributed by atoms with Crippen molar-refractivity contribution in [2.24, 2.45) is 0 Å². The SMILES string of the molecule is O=C(O)C(=O)O.O=C(O)C(=O)O.O=[P+](OF)OF. The first kappa shape index (κ1) is 21.1. The van der Waals surface area contributed by atoms with Gasteiger partial charge >= 0.3 is 32.1 Å². The number of aliphatic carboxylic acids is 4. The van der Waals surface area contributed by atoms with E-state index in [-0.39, 0.29) is 0 Å². The van der Waals surface area contributed by atoms with E-state index in [0.29, 0.717) is 0 Å². The van der Waals surface area contributed by atoms with Gasteiger partial charge < -0.3 is 20.4 Å². The van der Waals surface area contributed by atoms with Crippen LogP contribution in [0.3, 0.4) is 0 Å². The Morgan fingerprint density at radius 1 is 0.722 bits per heavy atom. The topological polar surface area (TPSA) is 185 Å². The molecule has 0 saturated heterocycles. The normalized spacial score (nSPS) is 7.67. The molecule has 0 radical (unpaired) electrons. The third kappa shape index (κ3) is 23.5. The second-order valence-electron chi connectivity index (χ2n) is 1.58. The van der Waals surface area contributed by atoms with Crippen molar-refractivity contribution >= 4 is 32.1 Å². The van der Waals surface area contributed by atoms with Crippen LogP contribution in [-0.2, 0) is 33.2 Å². The Morgan fingerprint density at radius 3 is 0.889 bits per heavy atom. The van der Waals surface area contributed by atoms with Crippen LogP contribution in [0.25, 0.3) is 0 Å². The maximum absolute atomic E-state index is 10.2. The first-order chi connectivity index (χ1) is 8.09. The van der Waals surface area contributed by atoms with Gasteiger partial charge in [-0.25, -0.2) is 19.2 Å². The van der Waals surface area contributed by atoms with Gasteiger partial charge in [-0.1, -0.05) is 0 Å². The minimum absolute atomic E-state index is 1.82. The van der Waals surface area contributed by atoms with Crippen LogP contribution in [0.1, 0.15) is 0 Å². The van der Waals surface area contributed by atoms with E-state index in [0.717, 1.165) is 0 Å². The molecular weight excluding hydrogens is 293 g/mol. The molecule has 0 heterocycles. The lowest BCUT2D eigenvalue weighted by molar-refractivity contribution is -0.159. The fourth-order valence-corrected chi connectivity index (χ4v) is 0.0319. The quantitative estimate of drug-likeness (QED) is 0.389. The van der Waals surface area contributed by atoms with Crippen molar-refractivity contribution in [3.63, 3.8) is 0 Å². The first-order valence-corrected chi connectivity index (χ1v) is 4.16. The monoisotopic (exact) mass is 297 g/mol. The summed E-state index contributed by atoms with van der Waals surface area (Å²) in [7, 11) is -3.16. The van der Waals surface area contributed by atoms with Gasteiger partial charge in [0.2, 0.25) is 0 Å². The van der Waals surface area contributed by atoms with Crippen LogP contribution in [0.2, 0.25) is 0 Å². The molecule has 0 bridgehead atoms. The average molecular weight is 297 g/mol. The van der Waals surface area contributed by atoms with Gasteiger partial charge in [0.15, 0.2) is 0 Å². The highest BCUT2D eigenvalue weighted by molar-refractivity contribution is 7.32. The average Bonchev–Trinajstić information content (AvgIpc) is 2.29. The van der Waals surface area contributed by atoms with E-state index >= 15 is 0 Å². The van der Waals surface area contributed by atoms with Gasteiger partial charge in [0.25, 0.3) is 0 Å². The number of rotatable bonds is 2. The summed E-state index contributed by atoms with van der Waals surface area (Å²) in [5.74, 6) is -7.30. The summed E-state index contributed by atoms with van der Waals surface area (Å²) in [6.07, 6.45) is 0. The van der Waals surface area contributed by atoms with E-state index in [1.165, 1.54) is 0 Å². The number of halogens is 2. The van der Waals surface area contributed by atoms with E-state index in [2.05, 4.69) is 9.46 Å². The molecule has 14 heteroatoms. The molecule has 0 spiro atoms. The summed E-state index contributed by atoms with van der Waals surface area (Å²) in [5.41, 5.74) is 0. The Hall–Kier alpha value is -2.24. The molecule has 0 aliphatic rings. The van der Waals surface area contributed by atoms with Gasteiger partial charge in [0, 0.05) is 13.6 Å². The fourth-order valence-electron chi connectivity index (χ4n) is 0.0106. The van der Waals surface area contributed by atoms with Gasteiger partial charge in [-0.3, -0.25) is 0 Å². The number of carboxylic acid groups (broad SMARTS) is 4. The Kier molecular flexibility index (Phi) is 15.0.